The highest BCUT2D eigenvalue weighted by Gasteiger charge is 2.61. The van der Waals surface area contributed by atoms with E-state index in [4.69, 9.17) is 4.74 Å². The Morgan fingerprint density at radius 2 is 0.902 bits per heavy atom. The van der Waals surface area contributed by atoms with Crippen LogP contribution in [-0.2, 0) is 4.74 Å². The summed E-state index contributed by atoms with van der Waals surface area (Å²) in [5.74, 6) is -6.07. The van der Waals surface area contributed by atoms with Crippen LogP contribution in [0.5, 0.6) is 0 Å². The molecule has 288 valence electrons. The fourth-order valence-corrected chi connectivity index (χ4v) is 12.2. The summed E-state index contributed by atoms with van der Waals surface area (Å²) in [5, 5.41) is 0. The van der Waals surface area contributed by atoms with E-state index in [0.29, 0.717) is 37.5 Å². The second kappa shape index (κ2) is 16.5. The van der Waals surface area contributed by atoms with E-state index in [-0.39, 0.29) is 25.0 Å². The summed E-state index contributed by atoms with van der Waals surface area (Å²) < 4.78 is 104. The first-order valence-corrected chi connectivity index (χ1v) is 21.0. The molecule has 0 amide bonds. The smallest absolute Gasteiger partial charge is 0.188 e. The lowest BCUT2D eigenvalue weighted by Gasteiger charge is -2.53. The molecule has 0 bridgehead atoms. The molecule has 0 unspecified atom stereocenters. The molecule has 7 heteroatoms. The molecule has 0 heterocycles. The van der Waals surface area contributed by atoms with Gasteiger partial charge in [0.2, 0.25) is 0 Å². The molecular formula is C44H64F6O. The lowest BCUT2D eigenvalue weighted by Crippen LogP contribution is -2.52. The van der Waals surface area contributed by atoms with E-state index >= 15 is 26.3 Å². The molecule has 0 spiro atoms. The third kappa shape index (κ3) is 7.22. The average molecular weight is 723 g/mol. The summed E-state index contributed by atoms with van der Waals surface area (Å²) >= 11 is 0. The molecule has 0 radical (unpaired) electrons. The molecule has 0 aromatic rings. The van der Waals surface area contributed by atoms with Crippen LogP contribution in [0.3, 0.4) is 0 Å². The van der Waals surface area contributed by atoms with Gasteiger partial charge in [0.25, 0.3) is 0 Å². The van der Waals surface area contributed by atoms with Gasteiger partial charge in [0.05, 0.1) is 25.0 Å². The second-order valence-electron chi connectivity index (χ2n) is 17.7. The van der Waals surface area contributed by atoms with Crippen molar-refractivity contribution in [1.82, 2.24) is 0 Å². The van der Waals surface area contributed by atoms with Gasteiger partial charge in [0.1, 0.15) is 11.7 Å². The number of allylic oxidation sites excluding steroid dienone is 4. The molecule has 6 aliphatic rings. The topological polar surface area (TPSA) is 9.23 Å². The van der Waals surface area contributed by atoms with Crippen LogP contribution in [0.1, 0.15) is 155 Å². The second-order valence-corrected chi connectivity index (χ2v) is 17.7. The molecule has 4 fully saturated rings. The minimum atomic E-state index is -2.50. The zero-order valence-corrected chi connectivity index (χ0v) is 31.4. The van der Waals surface area contributed by atoms with Crippen molar-refractivity contribution in [2.24, 2.45) is 46.3 Å². The van der Waals surface area contributed by atoms with Crippen molar-refractivity contribution < 1.29 is 31.1 Å². The molecule has 4 atom stereocenters. The summed E-state index contributed by atoms with van der Waals surface area (Å²) in [6.07, 6.45) is 24.6. The van der Waals surface area contributed by atoms with Crippen LogP contribution >= 0.6 is 0 Å². The molecule has 0 N–H and O–H groups in total. The largest absolute Gasteiger partial charge is 0.379 e. The van der Waals surface area contributed by atoms with Crippen molar-refractivity contribution in [1.29, 1.82) is 0 Å². The Balaban J connectivity index is 1.12. The number of rotatable bonds is 12. The Morgan fingerprint density at radius 1 is 0.549 bits per heavy atom. The Kier molecular flexibility index (Phi) is 12.7. The predicted octanol–water partition coefficient (Wildman–Crippen LogP) is 14.2. The maximum Gasteiger partial charge on any atom is 0.188 e. The number of hydrogen-bond donors (Lipinski definition) is 0. The van der Waals surface area contributed by atoms with Crippen LogP contribution in [0.15, 0.2) is 47.6 Å². The minimum Gasteiger partial charge on any atom is -0.379 e. The van der Waals surface area contributed by atoms with Gasteiger partial charge >= 0.3 is 0 Å². The molecule has 1 nitrogen and oxygen atoms in total. The van der Waals surface area contributed by atoms with Gasteiger partial charge in [-0.25, -0.2) is 26.3 Å². The van der Waals surface area contributed by atoms with Gasteiger partial charge in [-0.2, -0.15) is 0 Å². The highest BCUT2D eigenvalue weighted by Crippen LogP contribution is 2.63. The molecule has 0 aromatic heterocycles. The van der Waals surface area contributed by atoms with Crippen LogP contribution in [0.4, 0.5) is 26.3 Å². The number of hydrogen-bond acceptors (Lipinski definition) is 1. The van der Waals surface area contributed by atoms with Crippen LogP contribution < -0.4 is 0 Å². The zero-order chi connectivity index (χ0) is 36.3. The maximum absolute atomic E-state index is 17.2. The van der Waals surface area contributed by atoms with Gasteiger partial charge in [-0.05, 0) is 87.2 Å². The van der Waals surface area contributed by atoms with Crippen molar-refractivity contribution in [3.8, 4) is 0 Å². The van der Waals surface area contributed by atoms with Crippen LogP contribution in [0.2, 0.25) is 0 Å². The van der Waals surface area contributed by atoms with E-state index in [2.05, 4.69) is 13.8 Å². The van der Waals surface area contributed by atoms with Crippen molar-refractivity contribution in [3.05, 3.63) is 47.6 Å². The van der Waals surface area contributed by atoms with E-state index in [1.807, 2.05) is 0 Å². The summed E-state index contributed by atoms with van der Waals surface area (Å²) in [6.45, 7) is 3.68. The summed E-state index contributed by atoms with van der Waals surface area (Å²) in [7, 11) is 0. The molecule has 4 saturated carbocycles. The summed E-state index contributed by atoms with van der Waals surface area (Å²) in [6, 6.07) is 0. The van der Waals surface area contributed by atoms with Gasteiger partial charge in [0, 0.05) is 10.8 Å². The predicted molar refractivity (Wildman–Crippen MR) is 194 cm³/mol. The van der Waals surface area contributed by atoms with Gasteiger partial charge in [-0.15, -0.1) is 0 Å². The van der Waals surface area contributed by atoms with E-state index < -0.39 is 57.3 Å². The summed E-state index contributed by atoms with van der Waals surface area (Å²) in [5.41, 5.74) is -6.94. The van der Waals surface area contributed by atoms with E-state index in [0.717, 1.165) is 116 Å². The SMILES string of the molecule is CCC[C@H]1CC[C@H](C2([C@@]3(F)C=C[C@@H](COC[C@@H]4C=C[C@](F)(C5([C@H]6CC[C@H](CCC)CC6)CCCCC5)C(F)=C4F)C(F)=C3F)CCCCC2)CC1. The Labute approximate surface area is 304 Å². The normalized spacial score (nSPS) is 38.7. The monoisotopic (exact) mass is 722 g/mol. The first kappa shape index (κ1) is 39.2. The van der Waals surface area contributed by atoms with Crippen molar-refractivity contribution in [2.45, 2.75) is 166 Å². The lowest BCUT2D eigenvalue weighted by atomic mass is 9.53. The molecule has 51 heavy (non-hydrogen) atoms. The quantitative estimate of drug-likeness (QED) is 0.144. The highest BCUT2D eigenvalue weighted by atomic mass is 19.2. The highest BCUT2D eigenvalue weighted by molar-refractivity contribution is 5.37. The molecular weight excluding hydrogens is 658 g/mol. The standard InChI is InChI=1S/C44H64F6O/c1-3-11-31-13-17-35(18-14-31)41(23-7-5-8-24-41)43(49)27-21-33(37(45)39(43)47)29-51-30-34-22-28-44(50,40(48)38(34)46)42(25-9-6-10-26-42)36-19-15-32(12-4-2)16-20-36/h21-22,27-28,31-36H,3-20,23-26,29-30H2,1-2H3/t31-,32-,33-,34-,35-,36-,43+,44+/m0/s1. The Hall–Kier alpha value is -1.50. The first-order valence-electron chi connectivity index (χ1n) is 21.0. The Morgan fingerprint density at radius 3 is 1.24 bits per heavy atom. The fourth-order valence-electron chi connectivity index (χ4n) is 12.2. The number of halogens is 6. The third-order valence-corrected chi connectivity index (χ3v) is 15.0. The Bertz CT molecular complexity index is 1190. The fraction of sp³-hybridized carbons (Fsp3) is 0.818. The van der Waals surface area contributed by atoms with E-state index in [1.165, 1.54) is 24.3 Å². The lowest BCUT2D eigenvalue weighted by molar-refractivity contribution is -0.0618. The zero-order valence-electron chi connectivity index (χ0n) is 31.4. The van der Waals surface area contributed by atoms with Gasteiger partial charge in [0.15, 0.2) is 23.0 Å². The maximum atomic E-state index is 17.2. The van der Waals surface area contributed by atoms with Crippen LogP contribution in [-0.4, -0.2) is 24.6 Å². The van der Waals surface area contributed by atoms with Gasteiger partial charge in [-0.1, -0.05) is 116 Å². The molecule has 0 aromatic carbocycles. The van der Waals surface area contributed by atoms with Crippen molar-refractivity contribution in [3.63, 3.8) is 0 Å². The first-order chi connectivity index (χ1) is 24.5. The molecule has 6 aliphatic carbocycles. The summed E-state index contributed by atoms with van der Waals surface area (Å²) in [4.78, 5) is 0. The molecule has 6 rings (SSSR count). The van der Waals surface area contributed by atoms with E-state index in [9.17, 15) is 0 Å². The van der Waals surface area contributed by atoms with Gasteiger partial charge in [-0.3, -0.25) is 0 Å². The number of ether oxygens (including phenoxy) is 1. The van der Waals surface area contributed by atoms with Crippen molar-refractivity contribution in [2.75, 3.05) is 13.2 Å². The van der Waals surface area contributed by atoms with E-state index in [1.54, 1.807) is 0 Å². The van der Waals surface area contributed by atoms with Gasteiger partial charge < -0.3 is 4.74 Å². The molecule has 0 saturated heterocycles. The van der Waals surface area contributed by atoms with Crippen molar-refractivity contribution >= 4 is 0 Å². The minimum absolute atomic E-state index is 0.00103. The van der Waals surface area contributed by atoms with Crippen LogP contribution in [0.25, 0.3) is 0 Å². The molecule has 0 aliphatic heterocycles. The number of alkyl halides is 2. The van der Waals surface area contributed by atoms with Crippen LogP contribution in [0, 0.1) is 46.3 Å². The average Bonchev–Trinajstić information content (AvgIpc) is 3.16. The third-order valence-electron chi connectivity index (χ3n) is 15.0.